The van der Waals surface area contributed by atoms with E-state index in [2.05, 4.69) is 54.4 Å². The Balaban J connectivity index is 2.08. The zero-order chi connectivity index (χ0) is 13.2. The Bertz CT molecular complexity index is 565. The van der Waals surface area contributed by atoms with Gasteiger partial charge >= 0.3 is 0 Å². The van der Waals surface area contributed by atoms with Crippen LogP contribution >= 0.6 is 11.6 Å². The molecule has 0 bridgehead atoms. The number of fused-ring (bicyclic) bond motifs is 1. The van der Waals surface area contributed by atoms with Gasteiger partial charge in [-0.15, -0.1) is 0 Å². The second kappa shape index (κ2) is 5.36. The first-order valence-electron chi connectivity index (χ1n) is 6.76. The molecule has 98 valence electrons. The van der Waals surface area contributed by atoms with Crippen LogP contribution in [-0.2, 0) is 6.42 Å². The van der Waals surface area contributed by atoms with Gasteiger partial charge in [0.05, 0.1) is 0 Å². The van der Waals surface area contributed by atoms with E-state index in [0.717, 1.165) is 24.5 Å². The van der Waals surface area contributed by atoms with Gasteiger partial charge in [-0.25, -0.2) is 0 Å². The molecule has 2 heteroatoms. The topological polar surface area (TPSA) is 3.24 Å². The summed E-state index contributed by atoms with van der Waals surface area (Å²) in [5.74, 6) is 0.445. The first-order valence-corrected chi connectivity index (χ1v) is 7.13. The molecule has 1 heterocycles. The second-order valence-electron chi connectivity index (χ2n) is 5.32. The van der Waals surface area contributed by atoms with Crippen molar-refractivity contribution in [1.29, 1.82) is 0 Å². The van der Waals surface area contributed by atoms with Crippen molar-refractivity contribution in [3.8, 4) is 0 Å². The van der Waals surface area contributed by atoms with Crippen LogP contribution in [0.1, 0.15) is 22.6 Å². The van der Waals surface area contributed by atoms with E-state index in [0.29, 0.717) is 5.92 Å². The van der Waals surface area contributed by atoms with Crippen LogP contribution in [0, 0.1) is 0 Å². The lowest BCUT2D eigenvalue weighted by Gasteiger charge is -2.22. The van der Waals surface area contributed by atoms with Crippen molar-refractivity contribution in [2.75, 3.05) is 20.1 Å². The lowest BCUT2D eigenvalue weighted by Crippen LogP contribution is -2.24. The zero-order valence-corrected chi connectivity index (χ0v) is 11.9. The molecule has 1 unspecified atom stereocenters. The molecule has 1 aliphatic rings. The fourth-order valence-electron chi connectivity index (χ4n) is 2.91. The van der Waals surface area contributed by atoms with Gasteiger partial charge in [-0.3, -0.25) is 0 Å². The molecule has 0 aliphatic carbocycles. The van der Waals surface area contributed by atoms with Crippen molar-refractivity contribution in [2.45, 2.75) is 12.3 Å². The Kier molecular flexibility index (Phi) is 3.58. The SMILES string of the molecule is CN1CCc2cc(Cl)ccc2C(c2ccccc2)C1. The normalized spacial score (nSPS) is 19.8. The molecule has 3 rings (SSSR count). The highest BCUT2D eigenvalue weighted by Crippen LogP contribution is 2.32. The van der Waals surface area contributed by atoms with Crippen LogP contribution in [0.15, 0.2) is 48.5 Å². The highest BCUT2D eigenvalue weighted by Gasteiger charge is 2.22. The van der Waals surface area contributed by atoms with Gasteiger partial charge in [0.2, 0.25) is 0 Å². The van der Waals surface area contributed by atoms with Crippen LogP contribution in [0.4, 0.5) is 0 Å². The third-order valence-corrected chi connectivity index (χ3v) is 4.17. The molecule has 19 heavy (non-hydrogen) atoms. The highest BCUT2D eigenvalue weighted by molar-refractivity contribution is 6.30. The highest BCUT2D eigenvalue weighted by atomic mass is 35.5. The summed E-state index contributed by atoms with van der Waals surface area (Å²) in [6, 6.07) is 17.1. The van der Waals surface area contributed by atoms with Crippen molar-refractivity contribution in [2.24, 2.45) is 0 Å². The number of nitrogens with zero attached hydrogens (tertiary/aromatic N) is 1. The monoisotopic (exact) mass is 271 g/mol. The van der Waals surface area contributed by atoms with Gasteiger partial charge in [0.25, 0.3) is 0 Å². The largest absolute Gasteiger partial charge is 0.305 e. The average Bonchev–Trinajstić information content (AvgIpc) is 2.59. The molecule has 0 radical (unpaired) electrons. The molecule has 0 spiro atoms. The van der Waals surface area contributed by atoms with Crippen LogP contribution < -0.4 is 0 Å². The molecule has 2 aromatic rings. The van der Waals surface area contributed by atoms with Crippen molar-refractivity contribution in [3.63, 3.8) is 0 Å². The van der Waals surface area contributed by atoms with Gasteiger partial charge < -0.3 is 4.90 Å². The Morgan fingerprint density at radius 2 is 1.89 bits per heavy atom. The van der Waals surface area contributed by atoms with Crippen LogP contribution in [0.3, 0.4) is 0 Å². The van der Waals surface area contributed by atoms with Crippen LogP contribution in [0.25, 0.3) is 0 Å². The maximum absolute atomic E-state index is 6.15. The maximum Gasteiger partial charge on any atom is 0.0408 e. The fourth-order valence-corrected chi connectivity index (χ4v) is 3.11. The zero-order valence-electron chi connectivity index (χ0n) is 11.1. The summed E-state index contributed by atoms with van der Waals surface area (Å²) in [4.78, 5) is 2.41. The molecule has 0 saturated heterocycles. The fraction of sp³-hybridized carbons (Fsp3) is 0.294. The lowest BCUT2D eigenvalue weighted by atomic mass is 9.88. The summed E-state index contributed by atoms with van der Waals surface area (Å²) in [6.45, 7) is 2.16. The first-order chi connectivity index (χ1) is 9.24. The van der Waals surface area contributed by atoms with Gasteiger partial charge in [0.1, 0.15) is 0 Å². The molecular weight excluding hydrogens is 254 g/mol. The summed E-state index contributed by atoms with van der Waals surface area (Å²) in [6.07, 6.45) is 1.08. The van der Waals surface area contributed by atoms with Crippen molar-refractivity contribution in [1.82, 2.24) is 4.90 Å². The molecule has 1 aliphatic heterocycles. The molecular formula is C17H18ClN. The summed E-state index contributed by atoms with van der Waals surface area (Å²) < 4.78 is 0. The third kappa shape index (κ3) is 2.68. The molecule has 0 fully saturated rings. The van der Waals surface area contributed by atoms with Gasteiger partial charge in [-0.1, -0.05) is 48.0 Å². The Morgan fingerprint density at radius 1 is 1.11 bits per heavy atom. The van der Waals surface area contributed by atoms with E-state index in [9.17, 15) is 0 Å². The minimum atomic E-state index is 0.445. The number of rotatable bonds is 1. The number of likely N-dealkylation sites (N-methyl/N-ethyl adjacent to an activating group) is 1. The summed E-state index contributed by atoms with van der Waals surface area (Å²) >= 11 is 6.15. The number of benzene rings is 2. The van der Waals surface area contributed by atoms with Crippen molar-refractivity contribution < 1.29 is 0 Å². The molecule has 2 aromatic carbocycles. The Hall–Kier alpha value is -1.31. The summed E-state index contributed by atoms with van der Waals surface area (Å²) in [5, 5.41) is 0.843. The van der Waals surface area contributed by atoms with Crippen LogP contribution in [0.2, 0.25) is 5.02 Å². The van der Waals surface area contributed by atoms with E-state index in [1.54, 1.807) is 0 Å². The van der Waals surface area contributed by atoms with E-state index in [4.69, 9.17) is 11.6 Å². The molecule has 1 atom stereocenters. The van der Waals surface area contributed by atoms with Crippen LogP contribution in [0.5, 0.6) is 0 Å². The van der Waals surface area contributed by atoms with Crippen molar-refractivity contribution >= 4 is 11.6 Å². The predicted octanol–water partition coefficient (Wildman–Crippen LogP) is 3.96. The van der Waals surface area contributed by atoms with E-state index in [1.165, 1.54) is 16.7 Å². The number of halogens is 1. The summed E-state index contributed by atoms with van der Waals surface area (Å²) in [5.41, 5.74) is 4.21. The van der Waals surface area contributed by atoms with Gasteiger partial charge in [-0.05, 0) is 42.3 Å². The summed E-state index contributed by atoms with van der Waals surface area (Å²) in [7, 11) is 2.20. The smallest absolute Gasteiger partial charge is 0.0408 e. The predicted molar refractivity (Wildman–Crippen MR) is 80.9 cm³/mol. The van der Waals surface area contributed by atoms with E-state index in [-0.39, 0.29) is 0 Å². The molecule has 0 amide bonds. The van der Waals surface area contributed by atoms with Crippen molar-refractivity contribution in [3.05, 3.63) is 70.2 Å². The van der Waals surface area contributed by atoms with E-state index >= 15 is 0 Å². The lowest BCUT2D eigenvalue weighted by molar-refractivity contribution is 0.338. The minimum absolute atomic E-state index is 0.445. The van der Waals surface area contributed by atoms with Gasteiger partial charge in [0, 0.05) is 24.0 Å². The molecule has 0 saturated carbocycles. The molecule has 1 nitrogen and oxygen atoms in total. The first kappa shape index (κ1) is 12.7. The number of hydrogen-bond acceptors (Lipinski definition) is 1. The second-order valence-corrected chi connectivity index (χ2v) is 5.76. The molecule has 0 N–H and O–H groups in total. The quantitative estimate of drug-likeness (QED) is 0.759. The third-order valence-electron chi connectivity index (χ3n) is 3.94. The maximum atomic E-state index is 6.15. The molecule has 0 aromatic heterocycles. The minimum Gasteiger partial charge on any atom is -0.305 e. The van der Waals surface area contributed by atoms with E-state index in [1.807, 2.05) is 6.07 Å². The number of hydrogen-bond donors (Lipinski definition) is 0. The Labute approximate surface area is 119 Å². The van der Waals surface area contributed by atoms with Crippen LogP contribution in [-0.4, -0.2) is 25.0 Å². The average molecular weight is 272 g/mol. The standard InChI is InChI=1S/C17H18ClN/c1-19-10-9-14-11-15(18)7-8-16(14)17(12-19)13-5-3-2-4-6-13/h2-8,11,17H,9-10,12H2,1H3. The van der Waals surface area contributed by atoms with Gasteiger partial charge in [0.15, 0.2) is 0 Å². The van der Waals surface area contributed by atoms with E-state index < -0.39 is 0 Å². The Morgan fingerprint density at radius 3 is 2.68 bits per heavy atom. The van der Waals surface area contributed by atoms with Gasteiger partial charge in [-0.2, -0.15) is 0 Å².